The molecule has 0 radical (unpaired) electrons. The fraction of sp³-hybridized carbons (Fsp3) is 0.263. The Morgan fingerprint density at radius 1 is 1.09 bits per heavy atom. The number of rotatable bonds is 2. The maximum Gasteiger partial charge on any atom is 0.414 e. The van der Waals surface area contributed by atoms with Gasteiger partial charge in [-0.2, -0.15) is 5.26 Å². The third-order valence-corrected chi connectivity index (χ3v) is 3.28. The van der Waals surface area contributed by atoms with E-state index in [0.29, 0.717) is 5.56 Å². The Morgan fingerprint density at radius 3 is 2.26 bits per heavy atom. The van der Waals surface area contributed by atoms with Crippen molar-refractivity contribution in [1.29, 1.82) is 5.26 Å². The monoisotopic (exact) mass is 308 g/mol. The van der Waals surface area contributed by atoms with Gasteiger partial charge in [0.15, 0.2) is 0 Å². The minimum absolute atomic E-state index is 0.400. The predicted molar refractivity (Wildman–Crippen MR) is 91.2 cm³/mol. The molecule has 0 spiro atoms. The highest BCUT2D eigenvalue weighted by atomic mass is 16.6. The van der Waals surface area contributed by atoms with E-state index in [1.807, 2.05) is 63.2 Å². The van der Waals surface area contributed by atoms with Gasteiger partial charge in [-0.15, -0.1) is 0 Å². The second-order valence-corrected chi connectivity index (χ2v) is 6.24. The van der Waals surface area contributed by atoms with Crippen LogP contribution in [0, 0.1) is 11.3 Å². The van der Waals surface area contributed by atoms with Crippen molar-refractivity contribution < 1.29 is 9.53 Å². The number of ether oxygens (including phenoxy) is 1. The standard InChI is InChI=1S/C19H20N2O2/c1-19(2,3)23-18(22)21(4)16-11-9-14(10-12-16)17-8-6-5-7-15(17)13-20/h5-12H,1-4H3. The van der Waals surface area contributed by atoms with Crippen molar-refractivity contribution in [3.05, 3.63) is 54.1 Å². The number of hydrogen-bond acceptors (Lipinski definition) is 3. The van der Waals surface area contributed by atoms with Gasteiger partial charge >= 0.3 is 6.09 Å². The fourth-order valence-electron chi connectivity index (χ4n) is 2.13. The number of nitriles is 1. The average Bonchev–Trinajstić information content (AvgIpc) is 2.52. The lowest BCUT2D eigenvalue weighted by atomic mass is 10.0. The smallest absolute Gasteiger partial charge is 0.414 e. The molecule has 0 unspecified atom stereocenters. The zero-order valence-electron chi connectivity index (χ0n) is 13.8. The lowest BCUT2D eigenvalue weighted by Crippen LogP contribution is -2.34. The molecule has 4 nitrogen and oxygen atoms in total. The molecule has 0 aliphatic carbocycles. The van der Waals surface area contributed by atoms with Gasteiger partial charge in [-0.05, 0) is 50.1 Å². The molecule has 23 heavy (non-hydrogen) atoms. The molecule has 0 aliphatic rings. The third kappa shape index (κ3) is 4.10. The van der Waals surface area contributed by atoms with Crippen LogP contribution in [0.5, 0.6) is 0 Å². The molecule has 1 amide bonds. The number of carbonyl (C=O) groups is 1. The Morgan fingerprint density at radius 2 is 1.70 bits per heavy atom. The van der Waals surface area contributed by atoms with Gasteiger partial charge in [0, 0.05) is 12.7 Å². The molecular weight excluding hydrogens is 288 g/mol. The van der Waals surface area contributed by atoms with Crippen molar-refractivity contribution in [2.75, 3.05) is 11.9 Å². The number of anilines is 1. The van der Waals surface area contributed by atoms with Crippen LogP contribution in [0.4, 0.5) is 10.5 Å². The molecule has 0 atom stereocenters. The molecule has 0 fully saturated rings. The van der Waals surface area contributed by atoms with Crippen molar-refractivity contribution >= 4 is 11.8 Å². The summed E-state index contributed by atoms with van der Waals surface area (Å²) in [7, 11) is 1.67. The molecule has 0 heterocycles. The van der Waals surface area contributed by atoms with E-state index in [0.717, 1.165) is 16.8 Å². The molecule has 0 N–H and O–H groups in total. The predicted octanol–water partition coefficient (Wildman–Crippen LogP) is 4.60. The highest BCUT2D eigenvalue weighted by Gasteiger charge is 2.20. The van der Waals surface area contributed by atoms with Gasteiger partial charge < -0.3 is 4.74 Å². The van der Waals surface area contributed by atoms with Crippen LogP contribution in [0.3, 0.4) is 0 Å². The minimum atomic E-state index is -0.531. The van der Waals surface area contributed by atoms with E-state index in [1.54, 1.807) is 13.1 Å². The Bertz CT molecular complexity index is 737. The number of hydrogen-bond donors (Lipinski definition) is 0. The van der Waals surface area contributed by atoms with Crippen molar-refractivity contribution in [3.8, 4) is 17.2 Å². The van der Waals surface area contributed by atoms with Gasteiger partial charge in [0.05, 0.1) is 11.6 Å². The Hall–Kier alpha value is -2.80. The Labute approximate surface area is 136 Å². The van der Waals surface area contributed by atoms with E-state index in [9.17, 15) is 10.1 Å². The summed E-state index contributed by atoms with van der Waals surface area (Å²) in [5.74, 6) is 0. The lowest BCUT2D eigenvalue weighted by Gasteiger charge is -2.24. The fourth-order valence-corrected chi connectivity index (χ4v) is 2.13. The molecule has 0 bridgehead atoms. The van der Waals surface area contributed by atoms with Crippen molar-refractivity contribution in [2.45, 2.75) is 26.4 Å². The first-order valence-corrected chi connectivity index (χ1v) is 7.38. The van der Waals surface area contributed by atoms with Gasteiger partial charge in [-0.25, -0.2) is 4.79 Å². The average molecular weight is 308 g/mol. The summed E-state index contributed by atoms with van der Waals surface area (Å²) in [5, 5.41) is 9.18. The maximum absolute atomic E-state index is 12.1. The molecule has 2 rings (SSSR count). The summed E-state index contributed by atoms with van der Waals surface area (Å²) < 4.78 is 5.35. The van der Waals surface area contributed by atoms with Crippen LogP contribution in [0.15, 0.2) is 48.5 Å². The van der Waals surface area contributed by atoms with Gasteiger partial charge in [-0.3, -0.25) is 4.90 Å². The molecule has 0 saturated heterocycles. The van der Waals surface area contributed by atoms with E-state index in [1.165, 1.54) is 4.90 Å². The quantitative estimate of drug-likeness (QED) is 0.815. The second-order valence-electron chi connectivity index (χ2n) is 6.24. The summed E-state index contributed by atoms with van der Waals surface area (Å²) >= 11 is 0. The zero-order valence-corrected chi connectivity index (χ0v) is 13.8. The molecule has 2 aromatic rings. The van der Waals surface area contributed by atoms with Crippen molar-refractivity contribution in [2.24, 2.45) is 0 Å². The summed E-state index contributed by atoms with van der Waals surface area (Å²) in [6.45, 7) is 5.50. The summed E-state index contributed by atoms with van der Waals surface area (Å²) in [6, 6.07) is 17.1. The SMILES string of the molecule is CN(C(=O)OC(C)(C)C)c1ccc(-c2ccccc2C#N)cc1. The molecule has 0 aromatic heterocycles. The highest BCUT2D eigenvalue weighted by Crippen LogP contribution is 2.26. The third-order valence-electron chi connectivity index (χ3n) is 3.28. The maximum atomic E-state index is 12.1. The van der Waals surface area contributed by atoms with Gasteiger partial charge in [0.25, 0.3) is 0 Å². The van der Waals surface area contributed by atoms with E-state index in [-0.39, 0.29) is 0 Å². The van der Waals surface area contributed by atoms with Crippen LogP contribution in [-0.4, -0.2) is 18.7 Å². The van der Waals surface area contributed by atoms with Crippen LogP contribution in [0.1, 0.15) is 26.3 Å². The first kappa shape index (κ1) is 16.6. The van der Waals surface area contributed by atoms with Gasteiger partial charge in [-0.1, -0.05) is 30.3 Å². The summed E-state index contributed by atoms with van der Waals surface area (Å²) in [6.07, 6.45) is -0.400. The number of nitrogens with zero attached hydrogens (tertiary/aromatic N) is 2. The largest absolute Gasteiger partial charge is 0.443 e. The first-order valence-electron chi connectivity index (χ1n) is 7.38. The molecule has 4 heteroatoms. The first-order chi connectivity index (χ1) is 10.8. The minimum Gasteiger partial charge on any atom is -0.443 e. The van der Waals surface area contributed by atoms with E-state index < -0.39 is 11.7 Å². The van der Waals surface area contributed by atoms with E-state index in [2.05, 4.69) is 6.07 Å². The summed E-state index contributed by atoms with van der Waals surface area (Å²) in [5.41, 5.74) is 2.64. The molecular formula is C19H20N2O2. The zero-order chi connectivity index (χ0) is 17.0. The molecule has 0 saturated carbocycles. The van der Waals surface area contributed by atoms with Crippen molar-refractivity contribution in [3.63, 3.8) is 0 Å². The van der Waals surface area contributed by atoms with Crippen LogP contribution >= 0.6 is 0 Å². The van der Waals surface area contributed by atoms with Gasteiger partial charge in [0.2, 0.25) is 0 Å². The Balaban J connectivity index is 2.23. The van der Waals surface area contributed by atoms with Crippen LogP contribution < -0.4 is 4.90 Å². The Kier molecular flexibility index (Phi) is 4.71. The van der Waals surface area contributed by atoms with E-state index >= 15 is 0 Å². The van der Waals surface area contributed by atoms with Crippen LogP contribution in [0.2, 0.25) is 0 Å². The highest BCUT2D eigenvalue weighted by molar-refractivity contribution is 5.87. The summed E-state index contributed by atoms with van der Waals surface area (Å²) in [4.78, 5) is 13.5. The molecule has 118 valence electrons. The van der Waals surface area contributed by atoms with Crippen LogP contribution in [-0.2, 0) is 4.74 Å². The normalized spacial score (nSPS) is 10.7. The number of benzene rings is 2. The van der Waals surface area contributed by atoms with Gasteiger partial charge in [0.1, 0.15) is 5.60 Å². The lowest BCUT2D eigenvalue weighted by molar-refractivity contribution is 0.0589. The number of carbonyl (C=O) groups excluding carboxylic acids is 1. The van der Waals surface area contributed by atoms with Crippen LogP contribution in [0.25, 0.3) is 11.1 Å². The molecule has 0 aliphatic heterocycles. The topological polar surface area (TPSA) is 53.3 Å². The second kappa shape index (κ2) is 6.53. The number of amides is 1. The molecule has 2 aromatic carbocycles. The van der Waals surface area contributed by atoms with E-state index in [4.69, 9.17) is 4.74 Å². The van der Waals surface area contributed by atoms with Crippen molar-refractivity contribution in [1.82, 2.24) is 0 Å².